The molecule has 1 aliphatic rings. The first kappa shape index (κ1) is 38.8. The van der Waals surface area contributed by atoms with Crippen molar-refractivity contribution in [1.29, 1.82) is 0 Å². The minimum Gasteiger partial charge on any atom is -0.408 e. The standard InChI is InChI=1S/C40H53FN2O6Si2/c1-38(2,3)50(7,8)48-33-32(47-36(34(33)49-51(9,10)39(4,5)6)43-26-31(41)35(44)42-37(43)45)27-46-40(28-20-14-11-15-21-28,29-22-16-12-17-23-29)30-24-18-13-19-25-30/h11-26,32-34,36H,27H2,1-10H3,(H,42,44,45)/t32-,33-,34-,36-/m1/s1. The summed E-state index contributed by atoms with van der Waals surface area (Å²) >= 11 is 0. The van der Waals surface area contributed by atoms with Gasteiger partial charge in [-0.1, -0.05) is 133 Å². The summed E-state index contributed by atoms with van der Waals surface area (Å²) < 4.78 is 44.4. The number of halogens is 1. The summed E-state index contributed by atoms with van der Waals surface area (Å²) in [5, 5.41) is -0.390. The SMILES string of the molecule is CC(C)(C)[Si](C)(C)O[C@@H]1[C@H](O[Si](C)(C)C(C)(C)C)[C@@H](COC(c2ccccc2)(c2ccccc2)c2ccccc2)O[C@H]1n1cc(F)c(=O)[nH]c1=O. The van der Waals surface area contributed by atoms with Crippen LogP contribution in [0.15, 0.2) is 107 Å². The van der Waals surface area contributed by atoms with E-state index in [9.17, 15) is 14.0 Å². The van der Waals surface area contributed by atoms with Crippen molar-refractivity contribution in [1.82, 2.24) is 9.55 Å². The number of hydrogen-bond donors (Lipinski definition) is 1. The Labute approximate surface area is 303 Å². The number of aromatic amines is 1. The van der Waals surface area contributed by atoms with Gasteiger partial charge in [0, 0.05) is 0 Å². The summed E-state index contributed by atoms with van der Waals surface area (Å²) in [5.41, 5.74) is -0.173. The molecule has 0 unspecified atom stereocenters. The average Bonchev–Trinajstić information content (AvgIpc) is 3.38. The molecule has 1 aliphatic heterocycles. The van der Waals surface area contributed by atoms with E-state index in [1.807, 2.05) is 91.0 Å². The molecule has 0 saturated carbocycles. The molecule has 274 valence electrons. The third-order valence-electron chi connectivity index (χ3n) is 11.0. The van der Waals surface area contributed by atoms with Crippen molar-refractivity contribution < 1.29 is 22.7 Å². The molecule has 3 aromatic carbocycles. The van der Waals surface area contributed by atoms with E-state index in [-0.39, 0.29) is 16.7 Å². The number of hydrogen-bond acceptors (Lipinski definition) is 6. The molecule has 0 spiro atoms. The lowest BCUT2D eigenvalue weighted by Gasteiger charge is -2.44. The fraction of sp³-hybridized carbons (Fsp3) is 0.450. The molecule has 8 nitrogen and oxygen atoms in total. The van der Waals surface area contributed by atoms with Gasteiger partial charge in [0.25, 0.3) is 5.56 Å². The van der Waals surface area contributed by atoms with Crippen LogP contribution in [0.5, 0.6) is 0 Å². The Balaban J connectivity index is 1.69. The largest absolute Gasteiger partial charge is 0.408 e. The van der Waals surface area contributed by atoms with Gasteiger partial charge in [-0.15, -0.1) is 0 Å². The summed E-state index contributed by atoms with van der Waals surface area (Å²) in [6.45, 7) is 21.5. The van der Waals surface area contributed by atoms with Gasteiger partial charge in [-0.25, -0.2) is 4.79 Å². The third-order valence-corrected chi connectivity index (χ3v) is 19.9. The number of nitrogens with one attached hydrogen (secondary N) is 1. The second kappa shape index (κ2) is 14.5. The zero-order valence-corrected chi connectivity index (χ0v) is 33.5. The highest BCUT2D eigenvalue weighted by atomic mass is 28.4. The Morgan fingerprint density at radius 3 is 1.53 bits per heavy atom. The lowest BCUT2D eigenvalue weighted by molar-refractivity contribution is -0.0946. The van der Waals surface area contributed by atoms with Crippen LogP contribution in [0.25, 0.3) is 0 Å². The number of ether oxygens (including phenoxy) is 2. The maximum Gasteiger partial charge on any atom is 0.330 e. The van der Waals surface area contributed by atoms with Gasteiger partial charge in [0.15, 0.2) is 22.9 Å². The van der Waals surface area contributed by atoms with Crippen LogP contribution in [0.2, 0.25) is 36.3 Å². The van der Waals surface area contributed by atoms with Gasteiger partial charge in [-0.2, -0.15) is 4.39 Å². The Bertz CT molecular complexity index is 1790. The monoisotopic (exact) mass is 732 g/mol. The Morgan fingerprint density at radius 2 is 1.12 bits per heavy atom. The molecule has 11 heteroatoms. The van der Waals surface area contributed by atoms with Crippen molar-refractivity contribution in [3.8, 4) is 0 Å². The molecule has 0 bridgehead atoms. The van der Waals surface area contributed by atoms with Crippen molar-refractivity contribution >= 4 is 16.6 Å². The van der Waals surface area contributed by atoms with E-state index >= 15 is 0 Å². The quantitative estimate of drug-likeness (QED) is 0.123. The number of rotatable bonds is 11. The van der Waals surface area contributed by atoms with Gasteiger partial charge in [0.1, 0.15) is 23.9 Å². The second-order valence-electron chi connectivity index (χ2n) is 16.5. The minimum absolute atomic E-state index is 0.0341. The summed E-state index contributed by atoms with van der Waals surface area (Å²) in [6, 6.07) is 30.2. The van der Waals surface area contributed by atoms with Crippen LogP contribution in [0.1, 0.15) is 64.5 Å². The highest BCUT2D eigenvalue weighted by Crippen LogP contribution is 2.47. The second-order valence-corrected chi connectivity index (χ2v) is 26.0. The van der Waals surface area contributed by atoms with Crippen LogP contribution in [0.4, 0.5) is 4.39 Å². The zero-order valence-electron chi connectivity index (χ0n) is 31.5. The lowest BCUT2D eigenvalue weighted by atomic mass is 9.80. The third kappa shape index (κ3) is 7.84. The lowest BCUT2D eigenvalue weighted by Crippen LogP contribution is -2.54. The van der Waals surface area contributed by atoms with Gasteiger partial charge in [-0.3, -0.25) is 14.3 Å². The molecule has 1 fully saturated rings. The van der Waals surface area contributed by atoms with Crippen LogP contribution in [-0.2, 0) is 23.9 Å². The molecule has 1 saturated heterocycles. The van der Waals surface area contributed by atoms with Gasteiger partial charge in [0.05, 0.1) is 12.8 Å². The van der Waals surface area contributed by atoms with Crippen molar-refractivity contribution in [2.45, 2.75) is 108 Å². The van der Waals surface area contributed by atoms with Gasteiger partial charge in [-0.05, 0) is 53.0 Å². The van der Waals surface area contributed by atoms with E-state index in [0.29, 0.717) is 0 Å². The highest BCUT2D eigenvalue weighted by molar-refractivity contribution is 6.74. The van der Waals surface area contributed by atoms with Crippen LogP contribution >= 0.6 is 0 Å². The van der Waals surface area contributed by atoms with Crippen molar-refractivity contribution in [2.24, 2.45) is 0 Å². The number of H-pyrrole nitrogens is 1. The molecule has 0 radical (unpaired) electrons. The zero-order chi connectivity index (χ0) is 37.4. The van der Waals surface area contributed by atoms with Crippen LogP contribution in [0.3, 0.4) is 0 Å². The van der Waals surface area contributed by atoms with E-state index in [1.165, 1.54) is 0 Å². The van der Waals surface area contributed by atoms with E-state index < -0.39 is 63.8 Å². The molecule has 2 heterocycles. The van der Waals surface area contributed by atoms with Crippen molar-refractivity contribution in [2.75, 3.05) is 6.61 Å². The van der Waals surface area contributed by atoms with Gasteiger partial charge >= 0.3 is 5.69 Å². The number of aromatic nitrogens is 2. The predicted octanol–water partition coefficient (Wildman–Crippen LogP) is 8.36. The van der Waals surface area contributed by atoms with Crippen molar-refractivity contribution in [3.05, 3.63) is 141 Å². The van der Waals surface area contributed by atoms with Gasteiger partial charge < -0.3 is 18.3 Å². The fourth-order valence-electron chi connectivity index (χ4n) is 5.99. The molecule has 0 aliphatic carbocycles. The first-order chi connectivity index (χ1) is 23.8. The van der Waals surface area contributed by atoms with Crippen LogP contribution in [-0.4, -0.2) is 51.1 Å². The molecule has 51 heavy (non-hydrogen) atoms. The minimum atomic E-state index is -2.56. The fourth-order valence-corrected chi connectivity index (χ4v) is 8.60. The molecule has 1 N–H and O–H groups in total. The molecule has 4 atom stereocenters. The summed E-state index contributed by atoms with van der Waals surface area (Å²) in [4.78, 5) is 27.6. The molecule has 5 rings (SSSR count). The van der Waals surface area contributed by atoms with E-state index in [4.69, 9.17) is 18.3 Å². The summed E-state index contributed by atoms with van der Waals surface area (Å²) in [6.07, 6.45) is -2.48. The van der Waals surface area contributed by atoms with E-state index in [0.717, 1.165) is 27.5 Å². The first-order valence-corrected chi connectivity index (χ1v) is 23.4. The Hall–Kier alpha value is -3.46. The molecule has 4 aromatic rings. The Kier molecular flexibility index (Phi) is 11.0. The number of benzene rings is 3. The van der Waals surface area contributed by atoms with E-state index in [2.05, 4.69) is 72.7 Å². The van der Waals surface area contributed by atoms with Gasteiger partial charge in [0.2, 0.25) is 5.82 Å². The van der Waals surface area contributed by atoms with Crippen molar-refractivity contribution in [3.63, 3.8) is 0 Å². The first-order valence-electron chi connectivity index (χ1n) is 17.6. The number of nitrogens with zero attached hydrogens (tertiary/aromatic N) is 1. The topological polar surface area (TPSA) is 91.8 Å². The molecule has 1 aromatic heterocycles. The predicted molar refractivity (Wildman–Crippen MR) is 204 cm³/mol. The van der Waals surface area contributed by atoms with Crippen LogP contribution in [0, 0.1) is 5.82 Å². The highest BCUT2D eigenvalue weighted by Gasteiger charge is 2.55. The normalized spacial score (nSPS) is 20.5. The summed E-state index contributed by atoms with van der Waals surface area (Å²) in [7, 11) is -5.09. The maximum atomic E-state index is 14.9. The van der Waals surface area contributed by atoms with Crippen LogP contribution < -0.4 is 11.2 Å². The summed E-state index contributed by atoms with van der Waals surface area (Å²) in [5.74, 6) is -1.10. The smallest absolute Gasteiger partial charge is 0.330 e. The van der Waals surface area contributed by atoms with E-state index in [1.54, 1.807) is 0 Å². The maximum absolute atomic E-state index is 14.9. The average molecular weight is 733 g/mol. The molecular weight excluding hydrogens is 680 g/mol. The Morgan fingerprint density at radius 1 is 0.706 bits per heavy atom. The molecular formula is C40H53FN2O6Si2. The molecule has 0 amide bonds.